The average Bonchev–Trinajstić information content (AvgIpc) is 3.23. The normalized spacial score (nSPS) is 21.7. The molecular formula is C22H21FN4O4. The van der Waals surface area contributed by atoms with Crippen molar-refractivity contribution in [3.05, 3.63) is 75.7 Å². The molecule has 0 spiro atoms. The molecule has 1 aliphatic heterocycles. The lowest BCUT2D eigenvalue weighted by atomic mass is 9.98. The second-order valence-corrected chi connectivity index (χ2v) is 7.81. The molecule has 3 aromatic rings. The largest absolute Gasteiger partial charge is 0.361 e. The highest BCUT2D eigenvalue weighted by molar-refractivity contribution is 5.94. The summed E-state index contributed by atoms with van der Waals surface area (Å²) in [7, 11) is 3.29. The molecule has 1 aliphatic rings. The number of non-ortho nitro benzene ring substituents is 1. The number of nitro benzene ring substituents is 1. The van der Waals surface area contributed by atoms with E-state index in [1.54, 1.807) is 25.2 Å². The first-order chi connectivity index (χ1) is 14.8. The van der Waals surface area contributed by atoms with Crippen LogP contribution in [0, 0.1) is 15.9 Å². The van der Waals surface area contributed by atoms with Crippen LogP contribution in [0.3, 0.4) is 0 Å². The number of amides is 1. The maximum Gasteiger partial charge on any atom is 0.281 e. The van der Waals surface area contributed by atoms with Gasteiger partial charge in [0.2, 0.25) is 5.91 Å². The molecule has 31 heavy (non-hydrogen) atoms. The number of fused-ring (bicyclic) bond motifs is 1. The minimum absolute atomic E-state index is 0.135. The molecule has 1 N–H and O–H groups in total. The maximum atomic E-state index is 13.8. The topological polar surface area (TPSA) is 99.5 Å². The molecule has 1 saturated heterocycles. The van der Waals surface area contributed by atoms with E-state index < -0.39 is 22.4 Å². The van der Waals surface area contributed by atoms with E-state index in [1.165, 1.54) is 11.0 Å². The lowest BCUT2D eigenvalue weighted by Gasteiger charge is -2.36. The molecule has 2 aromatic carbocycles. The smallest absolute Gasteiger partial charge is 0.281 e. The second-order valence-electron chi connectivity index (χ2n) is 7.81. The van der Waals surface area contributed by atoms with Gasteiger partial charge in [-0.05, 0) is 30.7 Å². The van der Waals surface area contributed by atoms with Gasteiger partial charge in [-0.3, -0.25) is 24.6 Å². The Kier molecular flexibility index (Phi) is 5.06. The van der Waals surface area contributed by atoms with Gasteiger partial charge in [0.1, 0.15) is 5.82 Å². The third-order valence-corrected chi connectivity index (χ3v) is 6.19. The van der Waals surface area contributed by atoms with E-state index in [-0.39, 0.29) is 28.9 Å². The number of carbonyl (C=O) groups is 2. The van der Waals surface area contributed by atoms with Crippen LogP contribution in [0.2, 0.25) is 0 Å². The van der Waals surface area contributed by atoms with Crippen molar-refractivity contribution in [1.29, 1.82) is 0 Å². The molecule has 2 atom stereocenters. The van der Waals surface area contributed by atoms with Crippen molar-refractivity contribution < 1.29 is 18.9 Å². The van der Waals surface area contributed by atoms with Crippen LogP contribution in [0.1, 0.15) is 11.1 Å². The van der Waals surface area contributed by atoms with Crippen molar-refractivity contribution in [3.63, 3.8) is 0 Å². The minimum Gasteiger partial charge on any atom is -0.361 e. The number of halogens is 1. The zero-order valence-electron chi connectivity index (χ0n) is 17.0. The molecule has 9 heteroatoms. The monoisotopic (exact) mass is 424 g/mol. The zero-order valence-corrected chi connectivity index (χ0v) is 17.0. The molecule has 1 amide bonds. The van der Waals surface area contributed by atoms with E-state index in [0.29, 0.717) is 12.0 Å². The van der Waals surface area contributed by atoms with Crippen molar-refractivity contribution >= 4 is 28.8 Å². The van der Waals surface area contributed by atoms with Crippen molar-refractivity contribution in [2.75, 3.05) is 14.1 Å². The molecule has 0 bridgehead atoms. The van der Waals surface area contributed by atoms with Gasteiger partial charge in [0.15, 0.2) is 11.9 Å². The second kappa shape index (κ2) is 7.59. The summed E-state index contributed by atoms with van der Waals surface area (Å²) in [5.41, 5.74) is 0.169. The lowest BCUT2D eigenvalue weighted by Crippen LogP contribution is -2.55. The molecule has 2 heterocycles. The Morgan fingerprint density at radius 2 is 1.97 bits per heavy atom. The molecule has 0 saturated carbocycles. The number of likely N-dealkylation sites (N-methyl/N-ethyl adjacent to an activating group) is 2. The SMILES string of the molecule is CN1C(=O)C(Cc2c[nH]c3cc(F)cc([N+](=O)[O-])c23)N(C)C1(C=O)Cc1ccccc1. The van der Waals surface area contributed by atoms with Gasteiger partial charge in [-0.2, -0.15) is 0 Å². The van der Waals surface area contributed by atoms with Crippen LogP contribution in [-0.4, -0.2) is 57.7 Å². The van der Waals surface area contributed by atoms with Crippen LogP contribution in [0.25, 0.3) is 10.9 Å². The Hall–Kier alpha value is -3.59. The van der Waals surface area contributed by atoms with Crippen LogP contribution in [0.5, 0.6) is 0 Å². The number of hydrogen-bond donors (Lipinski definition) is 1. The fourth-order valence-electron chi connectivity index (χ4n) is 4.45. The number of nitro groups is 1. The summed E-state index contributed by atoms with van der Waals surface area (Å²) in [5.74, 6) is -0.978. The first-order valence-electron chi connectivity index (χ1n) is 9.73. The number of benzene rings is 2. The van der Waals surface area contributed by atoms with E-state index >= 15 is 0 Å². The van der Waals surface area contributed by atoms with Gasteiger partial charge in [0, 0.05) is 19.7 Å². The zero-order chi connectivity index (χ0) is 22.3. The van der Waals surface area contributed by atoms with E-state index in [1.807, 2.05) is 30.3 Å². The van der Waals surface area contributed by atoms with Crippen molar-refractivity contribution in [3.8, 4) is 0 Å². The minimum atomic E-state index is -1.17. The molecule has 0 aliphatic carbocycles. The summed E-state index contributed by atoms with van der Waals surface area (Å²) in [6, 6.07) is 10.7. The van der Waals surface area contributed by atoms with Crippen LogP contribution in [-0.2, 0) is 22.4 Å². The fourth-order valence-corrected chi connectivity index (χ4v) is 4.45. The third-order valence-electron chi connectivity index (χ3n) is 6.19. The Labute approximate surface area is 177 Å². The summed E-state index contributed by atoms with van der Waals surface area (Å²) in [6.07, 6.45) is 2.77. The van der Waals surface area contributed by atoms with E-state index in [4.69, 9.17) is 0 Å². The highest BCUT2D eigenvalue weighted by atomic mass is 19.1. The lowest BCUT2D eigenvalue weighted by molar-refractivity contribution is -0.383. The number of aldehydes is 1. The number of nitrogens with zero attached hydrogens (tertiary/aromatic N) is 3. The molecule has 0 radical (unpaired) electrons. The highest BCUT2D eigenvalue weighted by Gasteiger charge is 2.53. The van der Waals surface area contributed by atoms with Crippen molar-refractivity contribution in [1.82, 2.24) is 14.8 Å². The number of carbonyl (C=O) groups excluding carboxylic acids is 2. The molecule has 1 aromatic heterocycles. The number of aromatic amines is 1. The van der Waals surface area contributed by atoms with Gasteiger partial charge >= 0.3 is 0 Å². The van der Waals surface area contributed by atoms with Gasteiger partial charge in [-0.1, -0.05) is 30.3 Å². The molecule has 160 valence electrons. The van der Waals surface area contributed by atoms with Gasteiger partial charge < -0.3 is 9.88 Å². The molecular weight excluding hydrogens is 403 g/mol. The van der Waals surface area contributed by atoms with Gasteiger partial charge in [-0.25, -0.2) is 4.39 Å². The summed E-state index contributed by atoms with van der Waals surface area (Å²) in [5, 5.41) is 11.7. The Bertz CT molecular complexity index is 1180. The van der Waals surface area contributed by atoms with Crippen LogP contribution < -0.4 is 0 Å². The first-order valence-corrected chi connectivity index (χ1v) is 9.73. The number of hydrogen-bond acceptors (Lipinski definition) is 5. The molecule has 4 rings (SSSR count). The Morgan fingerprint density at radius 3 is 2.61 bits per heavy atom. The molecule has 2 unspecified atom stereocenters. The number of aromatic nitrogens is 1. The predicted octanol–water partition coefficient (Wildman–Crippen LogP) is 2.67. The summed E-state index contributed by atoms with van der Waals surface area (Å²) < 4.78 is 13.8. The van der Waals surface area contributed by atoms with E-state index in [2.05, 4.69) is 4.98 Å². The molecule has 1 fully saturated rings. The van der Waals surface area contributed by atoms with Gasteiger partial charge in [-0.15, -0.1) is 0 Å². The van der Waals surface area contributed by atoms with Gasteiger partial charge in [0.05, 0.1) is 27.9 Å². The number of rotatable bonds is 6. The summed E-state index contributed by atoms with van der Waals surface area (Å²) >= 11 is 0. The van der Waals surface area contributed by atoms with Crippen molar-refractivity contribution in [2.45, 2.75) is 24.5 Å². The van der Waals surface area contributed by atoms with E-state index in [0.717, 1.165) is 17.9 Å². The van der Waals surface area contributed by atoms with Crippen LogP contribution in [0.15, 0.2) is 48.7 Å². The Morgan fingerprint density at radius 1 is 1.26 bits per heavy atom. The third kappa shape index (κ3) is 3.27. The predicted molar refractivity (Wildman–Crippen MR) is 112 cm³/mol. The average molecular weight is 424 g/mol. The standard InChI is InChI=1S/C22H21FN4O4/c1-25-19(8-15-12-24-17-9-16(23)10-18(20(15)17)27(30)31)21(29)26(2)22(25,13-28)11-14-6-4-3-5-7-14/h3-7,9-10,12-13,19,24H,8,11H2,1-2H3. The summed E-state index contributed by atoms with van der Waals surface area (Å²) in [6.45, 7) is 0. The fraction of sp³-hybridized carbons (Fsp3) is 0.273. The Balaban J connectivity index is 1.72. The van der Waals surface area contributed by atoms with Crippen molar-refractivity contribution in [2.24, 2.45) is 0 Å². The maximum absolute atomic E-state index is 13.8. The van der Waals surface area contributed by atoms with Gasteiger partial charge in [0.25, 0.3) is 5.69 Å². The number of nitrogens with one attached hydrogen (secondary N) is 1. The quantitative estimate of drug-likeness (QED) is 0.373. The van der Waals surface area contributed by atoms with E-state index in [9.17, 15) is 24.1 Å². The van der Waals surface area contributed by atoms with Crippen LogP contribution in [0.4, 0.5) is 10.1 Å². The van der Waals surface area contributed by atoms with Crippen LogP contribution >= 0.6 is 0 Å². The molecule has 8 nitrogen and oxygen atoms in total. The number of H-pyrrole nitrogens is 1. The first kappa shape index (κ1) is 20.7. The highest BCUT2D eigenvalue weighted by Crippen LogP contribution is 2.36. The summed E-state index contributed by atoms with van der Waals surface area (Å²) in [4.78, 5) is 42.2.